The fourth-order valence-corrected chi connectivity index (χ4v) is 2.56. The summed E-state index contributed by atoms with van der Waals surface area (Å²) in [6.45, 7) is 0.377. The molecule has 0 aromatic carbocycles. The van der Waals surface area contributed by atoms with E-state index in [1.165, 1.54) is 12.8 Å². The van der Waals surface area contributed by atoms with E-state index in [0.29, 0.717) is 18.2 Å². The first kappa shape index (κ1) is 14.8. The Morgan fingerprint density at radius 3 is 2.75 bits per heavy atom. The Labute approximate surface area is 123 Å². The van der Waals surface area contributed by atoms with E-state index in [-0.39, 0.29) is 0 Å². The van der Waals surface area contributed by atoms with Crippen molar-refractivity contribution in [2.45, 2.75) is 31.6 Å². The van der Waals surface area contributed by atoms with Gasteiger partial charge >= 0.3 is 5.97 Å². The number of ether oxygens (including phenoxy) is 1. The second-order valence-corrected chi connectivity index (χ2v) is 5.17. The van der Waals surface area contributed by atoms with E-state index in [4.69, 9.17) is 4.74 Å². The van der Waals surface area contributed by atoms with Crippen LogP contribution in [0.1, 0.15) is 37.3 Å². The van der Waals surface area contributed by atoms with Crippen LogP contribution in [-0.4, -0.2) is 23.5 Å². The molecule has 1 atom stereocenters. The maximum atomic E-state index is 12.1. The number of nitrogens with zero attached hydrogens (tertiary/aromatic N) is 1. The van der Waals surface area contributed by atoms with Gasteiger partial charge in [0.2, 0.25) is 5.91 Å². The van der Waals surface area contributed by atoms with Gasteiger partial charge in [0.1, 0.15) is 0 Å². The highest BCUT2D eigenvalue weighted by atomic mass is 32.1. The quantitative estimate of drug-likeness (QED) is 0.494. The van der Waals surface area contributed by atoms with Crippen molar-refractivity contribution in [3.8, 4) is 0 Å². The Hall–Kier alpha value is -1.56. The molecule has 1 heterocycles. The number of carbonyl (C=O) groups is 2. The molecule has 1 fully saturated rings. The predicted octanol–water partition coefficient (Wildman–Crippen LogP) is 1.86. The van der Waals surface area contributed by atoms with Crippen molar-refractivity contribution < 1.29 is 14.3 Å². The number of nitrogens with one attached hydrogen (secondary N) is 1. The van der Waals surface area contributed by atoms with Crippen LogP contribution >= 0.6 is 12.8 Å². The molecule has 0 bridgehead atoms. The van der Waals surface area contributed by atoms with Crippen LogP contribution in [0.2, 0.25) is 0 Å². The number of amides is 1. The minimum Gasteiger partial charge on any atom is -0.465 e. The summed E-state index contributed by atoms with van der Waals surface area (Å²) in [5, 5.41) is 0. The third kappa shape index (κ3) is 3.72. The fraction of sp³-hybridized carbons (Fsp3) is 0.500. The lowest BCUT2D eigenvalue weighted by atomic mass is 10.0. The zero-order chi connectivity index (χ0) is 14.4. The number of pyridine rings is 1. The van der Waals surface area contributed by atoms with Crippen molar-refractivity contribution in [1.29, 1.82) is 0 Å². The number of esters is 1. The first-order chi connectivity index (χ1) is 9.72. The normalized spacial score (nSPS) is 16.6. The Morgan fingerprint density at radius 1 is 1.40 bits per heavy atom. The first-order valence-corrected chi connectivity index (χ1v) is 7.18. The van der Waals surface area contributed by atoms with Crippen molar-refractivity contribution in [1.82, 2.24) is 9.71 Å². The van der Waals surface area contributed by atoms with Crippen molar-refractivity contribution >= 4 is 24.7 Å². The van der Waals surface area contributed by atoms with E-state index >= 15 is 0 Å². The van der Waals surface area contributed by atoms with Gasteiger partial charge in [0.05, 0.1) is 12.3 Å². The largest absolute Gasteiger partial charge is 0.465 e. The van der Waals surface area contributed by atoms with Gasteiger partial charge in [-0.3, -0.25) is 14.6 Å². The van der Waals surface area contributed by atoms with Gasteiger partial charge in [-0.05, 0) is 30.9 Å². The molecule has 1 aliphatic rings. The van der Waals surface area contributed by atoms with Crippen molar-refractivity contribution in [2.24, 2.45) is 5.92 Å². The molecule has 1 aliphatic carbocycles. The summed E-state index contributed by atoms with van der Waals surface area (Å²) < 4.78 is 7.48. The van der Waals surface area contributed by atoms with Crippen molar-refractivity contribution in [2.75, 3.05) is 6.61 Å². The van der Waals surface area contributed by atoms with E-state index in [2.05, 4.69) is 22.5 Å². The van der Waals surface area contributed by atoms with Gasteiger partial charge in [-0.1, -0.05) is 31.7 Å². The SMILES string of the molecule is O=C(NS)C(C(=O)OCC1CCCC1)c1ccccn1. The Balaban J connectivity index is 2.02. The van der Waals surface area contributed by atoms with Gasteiger partial charge in [-0.25, -0.2) is 0 Å². The molecule has 0 aliphatic heterocycles. The number of carbonyl (C=O) groups excluding carboxylic acids is 2. The van der Waals surface area contributed by atoms with Crippen LogP contribution in [0.25, 0.3) is 0 Å². The molecule has 1 aromatic heterocycles. The van der Waals surface area contributed by atoms with Crippen LogP contribution in [0.15, 0.2) is 24.4 Å². The summed E-state index contributed by atoms with van der Waals surface area (Å²) >= 11 is 3.72. The smallest absolute Gasteiger partial charge is 0.324 e. The lowest BCUT2D eigenvalue weighted by Gasteiger charge is -2.15. The molecule has 0 spiro atoms. The molecule has 0 radical (unpaired) electrons. The number of hydrogen-bond acceptors (Lipinski definition) is 5. The van der Waals surface area contributed by atoms with Crippen LogP contribution < -0.4 is 4.72 Å². The van der Waals surface area contributed by atoms with Gasteiger partial charge in [0, 0.05) is 6.20 Å². The van der Waals surface area contributed by atoms with E-state index < -0.39 is 17.8 Å². The first-order valence-electron chi connectivity index (χ1n) is 6.74. The number of thiol groups is 1. The third-order valence-electron chi connectivity index (χ3n) is 3.53. The van der Waals surface area contributed by atoms with Crippen LogP contribution in [0.5, 0.6) is 0 Å². The van der Waals surface area contributed by atoms with Gasteiger partial charge in [0.15, 0.2) is 5.92 Å². The average molecular weight is 294 g/mol. The topological polar surface area (TPSA) is 68.3 Å². The second kappa shape index (κ2) is 7.28. The van der Waals surface area contributed by atoms with Crippen LogP contribution in [0, 0.1) is 5.92 Å². The molecule has 108 valence electrons. The van der Waals surface area contributed by atoms with Crippen LogP contribution in [0.3, 0.4) is 0 Å². The van der Waals surface area contributed by atoms with E-state index in [9.17, 15) is 9.59 Å². The van der Waals surface area contributed by atoms with Gasteiger partial charge in [-0.15, -0.1) is 0 Å². The number of rotatable bonds is 5. The van der Waals surface area contributed by atoms with E-state index in [0.717, 1.165) is 12.8 Å². The van der Waals surface area contributed by atoms with Gasteiger partial charge in [-0.2, -0.15) is 0 Å². The highest BCUT2D eigenvalue weighted by Gasteiger charge is 2.31. The Morgan fingerprint density at radius 2 is 2.15 bits per heavy atom. The standard InChI is InChI=1S/C14H18N2O3S/c17-13(16-20)12(11-7-3-4-8-15-11)14(18)19-9-10-5-1-2-6-10/h3-4,7-8,10,12,20H,1-2,5-6,9H2,(H,16,17). The molecule has 1 N–H and O–H groups in total. The summed E-state index contributed by atoms with van der Waals surface area (Å²) in [5.41, 5.74) is 0.371. The van der Waals surface area contributed by atoms with Gasteiger partial charge < -0.3 is 9.46 Å². The maximum absolute atomic E-state index is 12.1. The molecule has 1 aromatic rings. The molecule has 1 saturated carbocycles. The molecule has 2 rings (SSSR count). The molecule has 6 heteroatoms. The summed E-state index contributed by atoms with van der Waals surface area (Å²) in [4.78, 5) is 28.0. The lowest BCUT2D eigenvalue weighted by Crippen LogP contribution is -2.31. The zero-order valence-corrected chi connectivity index (χ0v) is 12.0. The Kier molecular flexibility index (Phi) is 5.40. The maximum Gasteiger partial charge on any atom is 0.324 e. The Bertz CT molecular complexity index is 461. The average Bonchev–Trinajstić information content (AvgIpc) is 2.99. The molecular formula is C14H18N2O3S. The minimum absolute atomic E-state index is 0.371. The van der Waals surface area contributed by atoms with Crippen molar-refractivity contribution in [3.63, 3.8) is 0 Å². The van der Waals surface area contributed by atoms with Crippen LogP contribution in [-0.2, 0) is 14.3 Å². The molecule has 0 saturated heterocycles. The second-order valence-electron chi connectivity index (χ2n) is 4.94. The fourth-order valence-electron chi connectivity index (χ4n) is 2.43. The predicted molar refractivity (Wildman–Crippen MR) is 77.0 cm³/mol. The molecule has 20 heavy (non-hydrogen) atoms. The van der Waals surface area contributed by atoms with E-state index in [1.807, 2.05) is 0 Å². The summed E-state index contributed by atoms with van der Waals surface area (Å²) in [5.74, 6) is -1.73. The zero-order valence-electron chi connectivity index (χ0n) is 11.1. The highest BCUT2D eigenvalue weighted by Crippen LogP contribution is 2.25. The number of aromatic nitrogens is 1. The lowest BCUT2D eigenvalue weighted by molar-refractivity contribution is -0.149. The van der Waals surface area contributed by atoms with Crippen LogP contribution in [0.4, 0.5) is 0 Å². The third-order valence-corrected chi connectivity index (χ3v) is 3.75. The van der Waals surface area contributed by atoms with Gasteiger partial charge in [0.25, 0.3) is 0 Å². The summed E-state index contributed by atoms with van der Waals surface area (Å²) in [6, 6.07) is 5.08. The molecule has 1 unspecified atom stereocenters. The van der Waals surface area contributed by atoms with Crippen molar-refractivity contribution in [3.05, 3.63) is 30.1 Å². The highest BCUT2D eigenvalue weighted by molar-refractivity contribution is 7.78. The number of hydrogen-bond donors (Lipinski definition) is 2. The van der Waals surface area contributed by atoms with E-state index in [1.54, 1.807) is 24.4 Å². The molecule has 5 nitrogen and oxygen atoms in total. The summed E-state index contributed by atoms with van der Waals surface area (Å²) in [7, 11) is 0. The molecular weight excluding hydrogens is 276 g/mol. The monoisotopic (exact) mass is 294 g/mol. The minimum atomic E-state index is -1.06. The summed E-state index contributed by atoms with van der Waals surface area (Å²) in [6.07, 6.45) is 6.07. The molecule has 1 amide bonds.